The van der Waals surface area contributed by atoms with Crippen molar-refractivity contribution < 1.29 is 9.53 Å². The van der Waals surface area contributed by atoms with Crippen molar-refractivity contribution in [3.63, 3.8) is 0 Å². The summed E-state index contributed by atoms with van der Waals surface area (Å²) in [6.45, 7) is 0. The fourth-order valence-corrected chi connectivity index (χ4v) is 2.69. The zero-order valence-electron chi connectivity index (χ0n) is 11.8. The number of ether oxygens (including phenoxy) is 1. The van der Waals surface area contributed by atoms with E-state index >= 15 is 0 Å². The molecule has 0 saturated heterocycles. The SMILES string of the molecule is COC(=O)c1cnc2cc1CCCCCCCCC2. The highest BCUT2D eigenvalue weighted by Gasteiger charge is 2.13. The highest BCUT2D eigenvalue weighted by atomic mass is 16.5. The molecule has 0 radical (unpaired) electrons. The van der Waals surface area contributed by atoms with Crippen molar-refractivity contribution >= 4 is 5.97 Å². The van der Waals surface area contributed by atoms with Crippen molar-refractivity contribution in [1.29, 1.82) is 0 Å². The Kier molecular flexibility index (Phi) is 5.37. The lowest BCUT2D eigenvalue weighted by Crippen LogP contribution is -2.08. The van der Waals surface area contributed by atoms with Gasteiger partial charge in [0, 0.05) is 11.9 Å². The van der Waals surface area contributed by atoms with Gasteiger partial charge in [-0.3, -0.25) is 4.98 Å². The number of esters is 1. The summed E-state index contributed by atoms with van der Waals surface area (Å²) < 4.78 is 4.84. The van der Waals surface area contributed by atoms with E-state index < -0.39 is 0 Å². The van der Waals surface area contributed by atoms with Gasteiger partial charge in [0.1, 0.15) is 0 Å². The van der Waals surface area contributed by atoms with Gasteiger partial charge in [0.15, 0.2) is 0 Å². The first-order chi connectivity index (χ1) is 9.31. The van der Waals surface area contributed by atoms with Crippen molar-refractivity contribution in [2.75, 3.05) is 7.11 Å². The zero-order chi connectivity index (χ0) is 13.5. The lowest BCUT2D eigenvalue weighted by Gasteiger charge is -2.11. The van der Waals surface area contributed by atoms with E-state index in [0.717, 1.165) is 30.5 Å². The summed E-state index contributed by atoms with van der Waals surface area (Å²) >= 11 is 0. The Bertz CT molecular complexity index is 429. The van der Waals surface area contributed by atoms with Crippen LogP contribution in [-0.2, 0) is 17.6 Å². The quantitative estimate of drug-likeness (QED) is 0.724. The number of pyridine rings is 1. The monoisotopic (exact) mass is 261 g/mol. The van der Waals surface area contributed by atoms with Crippen molar-refractivity contribution in [2.45, 2.75) is 57.8 Å². The maximum Gasteiger partial charge on any atom is 0.339 e. The number of nitrogens with zero attached hydrogens (tertiary/aromatic N) is 1. The molecule has 1 aliphatic carbocycles. The van der Waals surface area contributed by atoms with Crippen molar-refractivity contribution in [3.8, 4) is 0 Å². The molecule has 0 unspecified atom stereocenters. The molecule has 0 amide bonds. The van der Waals surface area contributed by atoms with Crippen LogP contribution in [0.1, 0.15) is 66.6 Å². The van der Waals surface area contributed by atoms with Crippen LogP contribution in [0.3, 0.4) is 0 Å². The molecule has 1 aliphatic rings. The molecule has 1 heterocycles. The van der Waals surface area contributed by atoms with E-state index in [-0.39, 0.29) is 5.97 Å². The lowest BCUT2D eigenvalue weighted by molar-refractivity contribution is 0.0599. The molecule has 0 aromatic carbocycles. The van der Waals surface area contributed by atoms with Crippen LogP contribution in [0.4, 0.5) is 0 Å². The van der Waals surface area contributed by atoms with E-state index in [4.69, 9.17) is 4.74 Å². The van der Waals surface area contributed by atoms with Crippen LogP contribution in [0, 0.1) is 0 Å². The van der Waals surface area contributed by atoms with Crippen molar-refractivity contribution in [2.24, 2.45) is 0 Å². The van der Waals surface area contributed by atoms with Gasteiger partial charge in [-0.15, -0.1) is 0 Å². The summed E-state index contributed by atoms with van der Waals surface area (Å²) in [6.07, 6.45) is 12.5. The summed E-state index contributed by atoms with van der Waals surface area (Å²) in [4.78, 5) is 16.1. The first kappa shape index (κ1) is 14.0. The first-order valence-corrected chi connectivity index (χ1v) is 7.37. The Morgan fingerprint density at radius 1 is 1.05 bits per heavy atom. The maximum absolute atomic E-state index is 11.7. The maximum atomic E-state index is 11.7. The van der Waals surface area contributed by atoms with Gasteiger partial charge >= 0.3 is 5.97 Å². The molecule has 3 heteroatoms. The Labute approximate surface area is 115 Å². The minimum Gasteiger partial charge on any atom is -0.465 e. The van der Waals surface area contributed by atoms with E-state index in [2.05, 4.69) is 11.1 Å². The van der Waals surface area contributed by atoms with Crippen LogP contribution in [0.25, 0.3) is 0 Å². The fraction of sp³-hybridized carbons (Fsp3) is 0.625. The molecule has 2 bridgehead atoms. The van der Waals surface area contributed by atoms with Crippen molar-refractivity contribution in [1.82, 2.24) is 4.98 Å². The third kappa shape index (κ3) is 4.05. The first-order valence-electron chi connectivity index (χ1n) is 7.37. The molecule has 19 heavy (non-hydrogen) atoms. The van der Waals surface area contributed by atoms with Crippen LogP contribution in [0.5, 0.6) is 0 Å². The van der Waals surface area contributed by atoms with E-state index in [1.165, 1.54) is 45.6 Å². The summed E-state index contributed by atoms with van der Waals surface area (Å²) in [5, 5.41) is 0. The Balaban J connectivity index is 2.20. The average molecular weight is 261 g/mol. The number of carbonyl (C=O) groups is 1. The van der Waals surface area contributed by atoms with Crippen LogP contribution in [0.15, 0.2) is 12.3 Å². The molecular formula is C16H23NO2. The highest BCUT2D eigenvalue weighted by molar-refractivity contribution is 5.90. The number of aromatic nitrogens is 1. The molecular weight excluding hydrogens is 238 g/mol. The second-order valence-electron chi connectivity index (χ2n) is 5.30. The predicted octanol–water partition coefficient (Wildman–Crippen LogP) is 3.70. The standard InChI is InChI=1S/C16H23NO2/c1-19-16(18)15-12-17-14-10-8-6-4-2-3-5-7-9-13(15)11-14/h11-12H,2-10H2,1H3. The molecule has 0 aliphatic heterocycles. The molecule has 1 aromatic heterocycles. The van der Waals surface area contributed by atoms with Crippen LogP contribution < -0.4 is 0 Å². The van der Waals surface area contributed by atoms with E-state index in [9.17, 15) is 4.79 Å². The summed E-state index contributed by atoms with van der Waals surface area (Å²) in [5.74, 6) is -0.263. The van der Waals surface area contributed by atoms with Gasteiger partial charge in [0.05, 0.1) is 12.7 Å². The number of hydrogen-bond donors (Lipinski definition) is 0. The second kappa shape index (κ2) is 7.27. The molecule has 2 rings (SSSR count). The highest BCUT2D eigenvalue weighted by Crippen LogP contribution is 2.18. The van der Waals surface area contributed by atoms with Gasteiger partial charge in [0.2, 0.25) is 0 Å². The van der Waals surface area contributed by atoms with Crippen LogP contribution in [-0.4, -0.2) is 18.1 Å². The van der Waals surface area contributed by atoms with Gasteiger partial charge in [-0.1, -0.05) is 32.1 Å². The summed E-state index contributed by atoms with van der Waals surface area (Å²) in [5.41, 5.74) is 2.86. The van der Waals surface area contributed by atoms with Gasteiger partial charge in [-0.25, -0.2) is 4.79 Å². The normalized spacial score (nSPS) is 17.1. The molecule has 3 nitrogen and oxygen atoms in total. The number of fused-ring (bicyclic) bond motifs is 2. The number of aryl methyl sites for hydroxylation is 2. The molecule has 0 saturated carbocycles. The van der Waals surface area contributed by atoms with E-state index in [1.807, 2.05) is 0 Å². The Hall–Kier alpha value is -1.38. The van der Waals surface area contributed by atoms with Crippen LogP contribution in [0.2, 0.25) is 0 Å². The van der Waals surface area contributed by atoms with Crippen molar-refractivity contribution in [3.05, 3.63) is 29.1 Å². The van der Waals surface area contributed by atoms with E-state index in [1.54, 1.807) is 6.20 Å². The second-order valence-corrected chi connectivity index (χ2v) is 5.30. The smallest absolute Gasteiger partial charge is 0.339 e. The molecule has 1 aromatic rings. The molecule has 104 valence electrons. The fourth-order valence-electron chi connectivity index (χ4n) is 2.69. The van der Waals surface area contributed by atoms with E-state index in [0.29, 0.717) is 5.56 Å². The Morgan fingerprint density at radius 3 is 2.37 bits per heavy atom. The molecule has 0 N–H and O–H groups in total. The lowest BCUT2D eigenvalue weighted by atomic mass is 9.98. The van der Waals surface area contributed by atoms with Gasteiger partial charge in [0.25, 0.3) is 0 Å². The Morgan fingerprint density at radius 2 is 1.68 bits per heavy atom. The molecule has 0 fully saturated rings. The number of hydrogen-bond acceptors (Lipinski definition) is 3. The van der Waals surface area contributed by atoms with Gasteiger partial charge in [-0.2, -0.15) is 0 Å². The largest absolute Gasteiger partial charge is 0.465 e. The zero-order valence-corrected chi connectivity index (χ0v) is 11.8. The number of methoxy groups -OCH3 is 1. The average Bonchev–Trinajstić information content (AvgIpc) is 2.43. The predicted molar refractivity (Wildman–Crippen MR) is 75.3 cm³/mol. The summed E-state index contributed by atoms with van der Waals surface area (Å²) in [7, 11) is 1.43. The minimum atomic E-state index is -0.263. The topological polar surface area (TPSA) is 39.2 Å². The summed E-state index contributed by atoms with van der Waals surface area (Å²) in [6, 6.07) is 2.11. The number of carbonyl (C=O) groups excluding carboxylic acids is 1. The van der Waals surface area contributed by atoms with Crippen LogP contribution >= 0.6 is 0 Å². The molecule has 0 atom stereocenters. The number of rotatable bonds is 1. The minimum absolute atomic E-state index is 0.263. The van der Waals surface area contributed by atoms with Gasteiger partial charge < -0.3 is 4.74 Å². The molecule has 0 spiro atoms. The third-order valence-corrected chi connectivity index (χ3v) is 3.83. The third-order valence-electron chi connectivity index (χ3n) is 3.83. The van der Waals surface area contributed by atoms with Gasteiger partial charge in [-0.05, 0) is 37.3 Å².